The number of benzene rings is 2. The van der Waals surface area contributed by atoms with E-state index in [2.05, 4.69) is 15.9 Å². The highest BCUT2D eigenvalue weighted by Gasteiger charge is 2.39. The molecule has 3 rings (SSSR count). The second-order valence-corrected chi connectivity index (χ2v) is 8.85. The number of ether oxygens (including phenoxy) is 1. The molecule has 0 amide bonds. The van der Waals surface area contributed by atoms with Crippen molar-refractivity contribution in [2.75, 3.05) is 6.61 Å². The van der Waals surface area contributed by atoms with Gasteiger partial charge in [0.05, 0.1) is 17.1 Å². The van der Waals surface area contributed by atoms with Gasteiger partial charge in [0, 0.05) is 17.1 Å². The van der Waals surface area contributed by atoms with E-state index in [0.29, 0.717) is 16.6 Å². The molecule has 1 saturated carbocycles. The molecule has 0 radical (unpaired) electrons. The van der Waals surface area contributed by atoms with Gasteiger partial charge >= 0.3 is 5.97 Å². The topological polar surface area (TPSA) is 63.7 Å². The van der Waals surface area contributed by atoms with Crippen LogP contribution in [0.3, 0.4) is 0 Å². The molecule has 5 nitrogen and oxygen atoms in total. The van der Waals surface area contributed by atoms with Crippen LogP contribution in [0.5, 0.6) is 0 Å². The monoisotopic (exact) mass is 437 g/mol. The second kappa shape index (κ2) is 7.90. The average Bonchev–Trinajstić information content (AvgIpc) is 3.45. The first-order valence-electron chi connectivity index (χ1n) is 8.46. The third-order valence-electron chi connectivity index (χ3n) is 4.17. The van der Waals surface area contributed by atoms with Gasteiger partial charge in [-0.05, 0) is 59.5 Å². The molecular formula is C19H20BrNO4S. The number of rotatable bonds is 7. The van der Waals surface area contributed by atoms with E-state index in [1.54, 1.807) is 11.2 Å². The summed E-state index contributed by atoms with van der Waals surface area (Å²) in [6.45, 7) is 2.33. The molecule has 7 heteroatoms. The Bertz CT molecular complexity index is 895. The van der Waals surface area contributed by atoms with E-state index in [4.69, 9.17) is 4.74 Å². The van der Waals surface area contributed by atoms with Crippen LogP contribution in [0.4, 0.5) is 0 Å². The third kappa shape index (κ3) is 4.16. The minimum Gasteiger partial charge on any atom is -0.462 e. The zero-order valence-corrected chi connectivity index (χ0v) is 16.8. The fraction of sp³-hybridized carbons (Fsp3) is 0.316. The second-order valence-electron chi connectivity index (χ2n) is 6.13. The van der Waals surface area contributed by atoms with E-state index in [1.165, 1.54) is 18.2 Å². The van der Waals surface area contributed by atoms with Gasteiger partial charge < -0.3 is 4.74 Å². The van der Waals surface area contributed by atoms with Crippen LogP contribution in [0.25, 0.3) is 0 Å². The summed E-state index contributed by atoms with van der Waals surface area (Å²) in [4.78, 5) is 12.0. The standard InChI is InChI=1S/C19H20BrNO4S/c1-2-25-19(22)15-8-11-18(17(20)12-15)26(23,24)21(16-9-10-16)13-14-6-4-3-5-7-14/h3-8,11-12,16H,2,9-10,13H2,1H3. The minimum atomic E-state index is -3.69. The number of carbonyl (C=O) groups excluding carboxylic acids is 1. The van der Waals surface area contributed by atoms with Crippen molar-refractivity contribution in [2.45, 2.75) is 37.2 Å². The van der Waals surface area contributed by atoms with Crippen LogP contribution in [0.15, 0.2) is 57.9 Å². The van der Waals surface area contributed by atoms with Gasteiger partial charge in [-0.25, -0.2) is 13.2 Å². The highest BCUT2D eigenvalue weighted by Crippen LogP contribution is 2.36. The van der Waals surface area contributed by atoms with Gasteiger partial charge in [0.15, 0.2) is 0 Å². The Kier molecular flexibility index (Phi) is 5.79. The maximum Gasteiger partial charge on any atom is 0.338 e. The maximum absolute atomic E-state index is 13.2. The number of hydrogen-bond donors (Lipinski definition) is 0. The quantitative estimate of drug-likeness (QED) is 0.614. The molecule has 0 unspecified atom stereocenters. The highest BCUT2D eigenvalue weighted by atomic mass is 79.9. The molecule has 0 aliphatic heterocycles. The van der Waals surface area contributed by atoms with E-state index in [9.17, 15) is 13.2 Å². The number of carbonyl (C=O) groups is 1. The zero-order valence-electron chi connectivity index (χ0n) is 14.4. The van der Waals surface area contributed by atoms with E-state index >= 15 is 0 Å². The fourth-order valence-corrected chi connectivity index (χ4v) is 5.43. The van der Waals surface area contributed by atoms with Crippen LogP contribution in [-0.4, -0.2) is 31.3 Å². The van der Waals surface area contributed by atoms with Crippen molar-refractivity contribution in [1.29, 1.82) is 0 Å². The number of sulfonamides is 1. The fourth-order valence-electron chi connectivity index (χ4n) is 2.71. The number of hydrogen-bond acceptors (Lipinski definition) is 4. The van der Waals surface area contributed by atoms with E-state index in [0.717, 1.165) is 18.4 Å². The summed E-state index contributed by atoms with van der Waals surface area (Å²) in [7, 11) is -3.69. The molecule has 0 bridgehead atoms. The first-order valence-corrected chi connectivity index (χ1v) is 10.7. The lowest BCUT2D eigenvalue weighted by Gasteiger charge is -2.23. The molecule has 0 spiro atoms. The lowest BCUT2D eigenvalue weighted by atomic mass is 10.2. The van der Waals surface area contributed by atoms with Gasteiger partial charge in [-0.15, -0.1) is 0 Å². The number of nitrogens with zero attached hydrogens (tertiary/aromatic N) is 1. The molecule has 2 aromatic rings. The van der Waals surface area contributed by atoms with Crippen molar-refractivity contribution >= 4 is 31.9 Å². The van der Waals surface area contributed by atoms with Crippen LogP contribution >= 0.6 is 15.9 Å². The number of esters is 1. The Hall–Kier alpha value is -1.70. The lowest BCUT2D eigenvalue weighted by molar-refractivity contribution is 0.0526. The molecule has 138 valence electrons. The van der Waals surface area contributed by atoms with Crippen LogP contribution in [0.1, 0.15) is 35.7 Å². The summed E-state index contributed by atoms with van der Waals surface area (Å²) >= 11 is 3.31. The summed E-state index contributed by atoms with van der Waals surface area (Å²) in [5.74, 6) is -0.472. The zero-order chi connectivity index (χ0) is 18.7. The Morgan fingerprint density at radius 1 is 1.19 bits per heavy atom. The molecule has 0 atom stereocenters. The molecule has 0 aromatic heterocycles. The molecule has 0 heterocycles. The maximum atomic E-state index is 13.2. The van der Waals surface area contributed by atoms with E-state index in [1.807, 2.05) is 30.3 Å². The normalized spacial score (nSPS) is 14.4. The van der Waals surface area contributed by atoms with Gasteiger partial charge in [-0.2, -0.15) is 4.31 Å². The van der Waals surface area contributed by atoms with Crippen LogP contribution in [-0.2, 0) is 21.3 Å². The Morgan fingerprint density at radius 3 is 2.46 bits per heavy atom. The average molecular weight is 438 g/mol. The highest BCUT2D eigenvalue weighted by molar-refractivity contribution is 9.10. The summed E-state index contributed by atoms with van der Waals surface area (Å²) in [5, 5.41) is 0. The van der Waals surface area contributed by atoms with Gasteiger partial charge in [0.25, 0.3) is 0 Å². The summed E-state index contributed by atoms with van der Waals surface area (Å²) in [6, 6.07) is 14.0. The molecule has 0 saturated heterocycles. The number of halogens is 1. The van der Waals surface area contributed by atoms with Gasteiger partial charge in [0.2, 0.25) is 10.0 Å². The molecular weight excluding hydrogens is 418 g/mol. The van der Waals surface area contributed by atoms with Gasteiger partial charge in [-0.1, -0.05) is 30.3 Å². The summed E-state index contributed by atoms with van der Waals surface area (Å²) in [5.41, 5.74) is 1.26. The lowest BCUT2D eigenvalue weighted by Crippen LogP contribution is -2.33. The van der Waals surface area contributed by atoms with Gasteiger partial charge in [0.1, 0.15) is 0 Å². The smallest absolute Gasteiger partial charge is 0.338 e. The minimum absolute atomic E-state index is 0.0249. The van der Waals surface area contributed by atoms with Crippen molar-refractivity contribution in [2.24, 2.45) is 0 Å². The van der Waals surface area contributed by atoms with Crippen molar-refractivity contribution in [3.8, 4) is 0 Å². The van der Waals surface area contributed by atoms with Crippen LogP contribution in [0, 0.1) is 0 Å². The van der Waals surface area contributed by atoms with Crippen molar-refractivity contribution < 1.29 is 17.9 Å². The van der Waals surface area contributed by atoms with Crippen LogP contribution < -0.4 is 0 Å². The van der Waals surface area contributed by atoms with Crippen molar-refractivity contribution in [3.05, 3.63) is 64.1 Å². The van der Waals surface area contributed by atoms with Crippen LogP contribution in [0.2, 0.25) is 0 Å². The van der Waals surface area contributed by atoms with Crippen molar-refractivity contribution in [3.63, 3.8) is 0 Å². The largest absolute Gasteiger partial charge is 0.462 e. The third-order valence-corrected chi connectivity index (χ3v) is 7.04. The molecule has 2 aromatic carbocycles. The van der Waals surface area contributed by atoms with Gasteiger partial charge in [-0.3, -0.25) is 0 Å². The molecule has 26 heavy (non-hydrogen) atoms. The van der Waals surface area contributed by atoms with Crippen molar-refractivity contribution in [1.82, 2.24) is 4.31 Å². The van der Waals surface area contributed by atoms with E-state index in [-0.39, 0.29) is 17.5 Å². The predicted octanol–water partition coefficient (Wildman–Crippen LogP) is 3.98. The SMILES string of the molecule is CCOC(=O)c1ccc(S(=O)(=O)N(Cc2ccccc2)C2CC2)c(Br)c1. The Balaban J connectivity index is 1.91. The molecule has 1 fully saturated rings. The Morgan fingerprint density at radius 2 is 1.88 bits per heavy atom. The summed E-state index contributed by atoms with van der Waals surface area (Å²) in [6.07, 6.45) is 1.73. The first kappa shape index (κ1) is 19.1. The van der Waals surface area contributed by atoms with E-state index < -0.39 is 16.0 Å². The predicted molar refractivity (Wildman–Crippen MR) is 102 cm³/mol. The molecule has 1 aliphatic rings. The molecule has 1 aliphatic carbocycles. The first-order chi connectivity index (χ1) is 12.4. The Labute approximate surface area is 162 Å². The summed E-state index contributed by atoms with van der Waals surface area (Å²) < 4.78 is 33.3. The molecule has 0 N–H and O–H groups in total.